The number of nitrogens with zero attached hydrogens (tertiary/aromatic N) is 1. The largest absolute Gasteiger partial charge is 0.465 e. The number of amides is 2. The van der Waals surface area contributed by atoms with Gasteiger partial charge in [0.05, 0.1) is 12.7 Å². The molecular formula is C26H34N2O6. The van der Waals surface area contributed by atoms with Crippen molar-refractivity contribution in [3.8, 4) is 0 Å². The molecule has 0 aliphatic rings. The summed E-state index contributed by atoms with van der Waals surface area (Å²) in [5.74, 6) is -0.414. The number of rotatable bonds is 10. The zero-order valence-corrected chi connectivity index (χ0v) is 20.3. The van der Waals surface area contributed by atoms with Crippen molar-refractivity contribution in [1.29, 1.82) is 0 Å². The molecule has 0 atom stereocenters. The third-order valence-corrected chi connectivity index (χ3v) is 4.73. The van der Waals surface area contributed by atoms with E-state index in [4.69, 9.17) is 14.2 Å². The number of hydrogen-bond acceptors (Lipinski definition) is 6. The quantitative estimate of drug-likeness (QED) is 0.301. The number of methoxy groups -OCH3 is 1. The predicted molar refractivity (Wildman–Crippen MR) is 128 cm³/mol. The molecule has 8 heteroatoms. The number of carbonyl (C=O) groups is 3. The fourth-order valence-electron chi connectivity index (χ4n) is 3.06. The van der Waals surface area contributed by atoms with Crippen molar-refractivity contribution in [2.75, 3.05) is 20.2 Å². The van der Waals surface area contributed by atoms with Crippen LogP contribution in [0.3, 0.4) is 0 Å². The highest BCUT2D eigenvalue weighted by Crippen LogP contribution is 2.12. The Labute approximate surface area is 201 Å². The predicted octanol–water partition coefficient (Wildman–Crippen LogP) is 4.92. The minimum absolute atomic E-state index is 0.178. The molecule has 0 aromatic heterocycles. The van der Waals surface area contributed by atoms with Crippen LogP contribution in [0.5, 0.6) is 0 Å². The molecule has 1 N–H and O–H groups in total. The van der Waals surface area contributed by atoms with Gasteiger partial charge >= 0.3 is 18.2 Å². The summed E-state index contributed by atoms with van der Waals surface area (Å²) in [6.07, 6.45) is 0.442. The second-order valence-corrected chi connectivity index (χ2v) is 8.79. The van der Waals surface area contributed by atoms with E-state index in [1.54, 1.807) is 29.2 Å². The molecule has 0 saturated heterocycles. The highest BCUT2D eigenvalue weighted by molar-refractivity contribution is 5.89. The van der Waals surface area contributed by atoms with E-state index in [1.165, 1.54) is 7.11 Å². The second kappa shape index (κ2) is 13.2. The SMILES string of the molecule is COC(=O)c1ccc(CN(CCCCNC(=O)OC(C)(C)C)C(=O)OCc2ccccc2)cc1. The molecule has 0 aliphatic heterocycles. The normalized spacial score (nSPS) is 10.8. The molecule has 34 heavy (non-hydrogen) atoms. The van der Waals surface area contributed by atoms with Crippen LogP contribution in [-0.2, 0) is 27.4 Å². The third kappa shape index (κ3) is 9.94. The number of ether oxygens (including phenoxy) is 3. The summed E-state index contributed by atoms with van der Waals surface area (Å²) >= 11 is 0. The van der Waals surface area contributed by atoms with Crippen LogP contribution < -0.4 is 5.32 Å². The van der Waals surface area contributed by atoms with Gasteiger partial charge in [0.25, 0.3) is 0 Å². The topological polar surface area (TPSA) is 94.2 Å². The molecule has 0 spiro atoms. The van der Waals surface area contributed by atoms with Gasteiger partial charge in [0.1, 0.15) is 12.2 Å². The Morgan fingerprint density at radius 2 is 1.59 bits per heavy atom. The van der Waals surface area contributed by atoms with Crippen molar-refractivity contribution in [2.45, 2.75) is 52.4 Å². The monoisotopic (exact) mass is 470 g/mol. The first-order chi connectivity index (χ1) is 16.2. The highest BCUT2D eigenvalue weighted by atomic mass is 16.6. The molecule has 0 unspecified atom stereocenters. The van der Waals surface area contributed by atoms with Gasteiger partial charge in [-0.2, -0.15) is 0 Å². The van der Waals surface area contributed by atoms with Crippen LogP contribution >= 0.6 is 0 Å². The van der Waals surface area contributed by atoms with Gasteiger partial charge in [-0.1, -0.05) is 42.5 Å². The molecule has 184 valence electrons. The molecule has 0 bridgehead atoms. The summed E-state index contributed by atoms with van der Waals surface area (Å²) in [6.45, 7) is 6.82. The van der Waals surface area contributed by atoms with Crippen LogP contribution in [0.4, 0.5) is 9.59 Å². The van der Waals surface area contributed by atoms with Gasteiger partial charge < -0.3 is 24.4 Å². The summed E-state index contributed by atoms with van der Waals surface area (Å²) < 4.78 is 15.5. The van der Waals surface area contributed by atoms with E-state index in [1.807, 2.05) is 51.1 Å². The molecule has 0 saturated carbocycles. The lowest BCUT2D eigenvalue weighted by molar-refractivity contribution is 0.0524. The third-order valence-electron chi connectivity index (χ3n) is 4.73. The minimum Gasteiger partial charge on any atom is -0.465 e. The van der Waals surface area contributed by atoms with Crippen LogP contribution in [0.25, 0.3) is 0 Å². The maximum absolute atomic E-state index is 12.8. The molecule has 2 aromatic rings. The lowest BCUT2D eigenvalue weighted by Crippen LogP contribution is -2.34. The number of carbonyl (C=O) groups excluding carboxylic acids is 3. The van der Waals surface area contributed by atoms with Gasteiger partial charge in [-0.05, 0) is 56.9 Å². The summed E-state index contributed by atoms with van der Waals surface area (Å²) in [5, 5.41) is 2.72. The number of nitrogens with one attached hydrogen (secondary N) is 1. The maximum Gasteiger partial charge on any atom is 0.410 e. The van der Waals surface area contributed by atoms with Gasteiger partial charge in [-0.15, -0.1) is 0 Å². The van der Waals surface area contributed by atoms with Crippen LogP contribution in [0, 0.1) is 0 Å². The molecule has 0 aliphatic carbocycles. The number of esters is 1. The first-order valence-corrected chi connectivity index (χ1v) is 11.3. The summed E-state index contributed by atoms with van der Waals surface area (Å²) in [5.41, 5.74) is 1.65. The Kier molecular flexibility index (Phi) is 10.4. The summed E-state index contributed by atoms with van der Waals surface area (Å²) in [6, 6.07) is 16.4. The van der Waals surface area contributed by atoms with E-state index in [2.05, 4.69) is 5.32 Å². The Morgan fingerprint density at radius 3 is 2.21 bits per heavy atom. The van der Waals surface area contributed by atoms with Gasteiger partial charge in [0.2, 0.25) is 0 Å². The average Bonchev–Trinajstić information content (AvgIpc) is 2.81. The van der Waals surface area contributed by atoms with Gasteiger partial charge in [-0.3, -0.25) is 0 Å². The Balaban J connectivity index is 1.92. The van der Waals surface area contributed by atoms with Crippen LogP contribution in [0.2, 0.25) is 0 Å². The van der Waals surface area contributed by atoms with Crippen LogP contribution in [0.15, 0.2) is 54.6 Å². The Morgan fingerprint density at radius 1 is 0.912 bits per heavy atom. The van der Waals surface area contributed by atoms with E-state index in [0.29, 0.717) is 38.0 Å². The minimum atomic E-state index is -0.549. The van der Waals surface area contributed by atoms with Crippen molar-refractivity contribution in [2.24, 2.45) is 0 Å². The smallest absolute Gasteiger partial charge is 0.410 e. The average molecular weight is 471 g/mol. The van der Waals surface area contributed by atoms with E-state index in [0.717, 1.165) is 11.1 Å². The lowest BCUT2D eigenvalue weighted by atomic mass is 10.1. The van der Waals surface area contributed by atoms with E-state index < -0.39 is 23.8 Å². The van der Waals surface area contributed by atoms with Crippen molar-refractivity contribution >= 4 is 18.2 Å². The highest BCUT2D eigenvalue weighted by Gasteiger charge is 2.17. The first-order valence-electron chi connectivity index (χ1n) is 11.3. The molecule has 8 nitrogen and oxygen atoms in total. The molecule has 2 amide bonds. The summed E-state index contributed by atoms with van der Waals surface area (Å²) in [7, 11) is 1.33. The Bertz CT molecular complexity index is 923. The van der Waals surface area contributed by atoms with Crippen LogP contribution in [0.1, 0.15) is 55.1 Å². The number of benzene rings is 2. The summed E-state index contributed by atoms with van der Waals surface area (Å²) in [4.78, 5) is 37.9. The number of hydrogen-bond donors (Lipinski definition) is 1. The van der Waals surface area contributed by atoms with Crippen molar-refractivity contribution in [3.05, 3.63) is 71.3 Å². The van der Waals surface area contributed by atoms with Gasteiger partial charge in [0.15, 0.2) is 0 Å². The second-order valence-electron chi connectivity index (χ2n) is 8.79. The molecule has 2 aromatic carbocycles. The first kappa shape index (κ1) is 26.7. The maximum atomic E-state index is 12.8. The Hall–Kier alpha value is -3.55. The van der Waals surface area contributed by atoms with Gasteiger partial charge in [-0.25, -0.2) is 14.4 Å². The van der Waals surface area contributed by atoms with E-state index in [-0.39, 0.29) is 6.61 Å². The zero-order chi connectivity index (χ0) is 25.0. The number of unbranched alkanes of at least 4 members (excludes halogenated alkanes) is 1. The van der Waals surface area contributed by atoms with Crippen molar-refractivity contribution < 1.29 is 28.6 Å². The molecule has 0 fully saturated rings. The van der Waals surface area contributed by atoms with E-state index in [9.17, 15) is 14.4 Å². The van der Waals surface area contributed by atoms with Crippen LogP contribution in [-0.4, -0.2) is 48.9 Å². The fourth-order valence-corrected chi connectivity index (χ4v) is 3.06. The fraction of sp³-hybridized carbons (Fsp3) is 0.423. The molecular weight excluding hydrogens is 436 g/mol. The molecule has 0 heterocycles. The van der Waals surface area contributed by atoms with E-state index >= 15 is 0 Å². The molecule has 2 rings (SSSR count). The van der Waals surface area contributed by atoms with Gasteiger partial charge in [0, 0.05) is 19.6 Å². The standard InChI is InChI=1S/C26H34N2O6/c1-26(2,3)34-24(30)27-16-8-9-17-28(25(31)33-19-21-10-6-5-7-11-21)18-20-12-14-22(15-13-20)23(29)32-4/h5-7,10-15H,8-9,16-19H2,1-4H3,(H,27,30). The lowest BCUT2D eigenvalue weighted by Gasteiger charge is -2.23. The molecule has 0 radical (unpaired) electrons. The number of alkyl carbamates (subject to hydrolysis) is 1. The van der Waals surface area contributed by atoms with Crippen molar-refractivity contribution in [1.82, 2.24) is 10.2 Å². The zero-order valence-electron chi connectivity index (χ0n) is 20.3. The van der Waals surface area contributed by atoms with Crippen molar-refractivity contribution in [3.63, 3.8) is 0 Å².